The maximum absolute atomic E-state index is 12.6. The molecule has 0 saturated carbocycles. The average Bonchev–Trinajstić information content (AvgIpc) is 2.97. The number of ether oxygens (including phenoxy) is 1. The number of halogens is 2. The molecule has 4 amide bonds. The van der Waals surface area contributed by atoms with Crippen molar-refractivity contribution in [3.8, 4) is 5.75 Å². The molecular weight excluding hydrogens is 510 g/mol. The maximum atomic E-state index is 12.6. The number of hydrogen-bond acceptors (Lipinski definition) is 6. The van der Waals surface area contributed by atoms with Crippen molar-refractivity contribution >= 4 is 74.0 Å². The first kappa shape index (κ1) is 22.9. The molecule has 1 aliphatic rings. The molecule has 0 radical (unpaired) electrons. The third kappa shape index (κ3) is 6.09. The Bertz CT molecular complexity index is 1090. The molecule has 1 fully saturated rings. The van der Waals surface area contributed by atoms with E-state index in [0.29, 0.717) is 26.5 Å². The summed E-state index contributed by atoms with van der Waals surface area (Å²) < 4.78 is 5.85. The van der Waals surface area contributed by atoms with E-state index in [1.165, 1.54) is 6.08 Å². The summed E-state index contributed by atoms with van der Waals surface area (Å²) in [6.07, 6.45) is 1.54. The highest BCUT2D eigenvalue weighted by Crippen LogP contribution is 2.32. The highest BCUT2D eigenvalue weighted by molar-refractivity contribution is 9.10. The van der Waals surface area contributed by atoms with E-state index in [0.717, 1.165) is 16.7 Å². The van der Waals surface area contributed by atoms with Gasteiger partial charge in [0, 0.05) is 10.2 Å². The van der Waals surface area contributed by atoms with Crippen LogP contribution in [0.1, 0.15) is 5.56 Å². The molecule has 2 aromatic carbocycles. The van der Waals surface area contributed by atoms with Crippen LogP contribution in [0.25, 0.3) is 6.08 Å². The number of thioether (sulfide) groups is 1. The van der Waals surface area contributed by atoms with E-state index in [1.54, 1.807) is 42.5 Å². The van der Waals surface area contributed by atoms with E-state index in [-0.39, 0.29) is 11.5 Å². The lowest BCUT2D eigenvalue weighted by atomic mass is 10.2. The third-order valence-corrected chi connectivity index (χ3v) is 6.08. The van der Waals surface area contributed by atoms with Crippen LogP contribution in [0.5, 0.6) is 5.75 Å². The summed E-state index contributed by atoms with van der Waals surface area (Å²) in [4.78, 5) is 48.9. The first-order valence-corrected chi connectivity index (χ1v) is 10.7. The first-order valence-electron chi connectivity index (χ1n) is 8.74. The number of nitrogens with zero attached hydrogens (tertiary/aromatic N) is 1. The molecule has 0 aromatic heterocycles. The Labute approximate surface area is 194 Å². The highest BCUT2D eigenvalue weighted by Gasteiger charge is 2.36. The molecule has 2 aromatic rings. The van der Waals surface area contributed by atoms with Crippen LogP contribution in [-0.4, -0.2) is 41.0 Å². The van der Waals surface area contributed by atoms with Gasteiger partial charge in [0.25, 0.3) is 17.1 Å². The van der Waals surface area contributed by atoms with Crippen LogP contribution in [0.4, 0.5) is 10.5 Å². The van der Waals surface area contributed by atoms with Crippen LogP contribution >= 0.6 is 39.3 Å². The zero-order valence-corrected chi connectivity index (χ0v) is 18.9. The summed E-state index contributed by atoms with van der Waals surface area (Å²) in [5, 5.41) is 2.48. The number of rotatable bonds is 7. The van der Waals surface area contributed by atoms with E-state index < -0.39 is 29.5 Å². The monoisotopic (exact) mass is 523 g/mol. The first-order chi connectivity index (χ1) is 14.7. The SMILES string of the molecule is NC(=O)COc1ccc(/C=C2\SC(=O)N(CC(=O)Nc3ccc(Br)c(Cl)c3)C2=O)cc1. The lowest BCUT2D eigenvalue weighted by Gasteiger charge is -2.12. The van der Waals surface area contributed by atoms with Crippen LogP contribution in [0.15, 0.2) is 51.8 Å². The Morgan fingerprint density at radius 2 is 1.90 bits per heavy atom. The molecule has 0 spiro atoms. The molecule has 3 rings (SSSR count). The highest BCUT2D eigenvalue weighted by atomic mass is 79.9. The van der Waals surface area contributed by atoms with Gasteiger partial charge in [0.05, 0.1) is 9.93 Å². The number of anilines is 1. The largest absolute Gasteiger partial charge is 0.484 e. The van der Waals surface area contributed by atoms with Crippen molar-refractivity contribution in [1.82, 2.24) is 4.90 Å². The fourth-order valence-electron chi connectivity index (χ4n) is 2.52. The summed E-state index contributed by atoms with van der Waals surface area (Å²) in [7, 11) is 0. The minimum Gasteiger partial charge on any atom is -0.484 e. The van der Waals surface area contributed by atoms with Crippen LogP contribution in [0.3, 0.4) is 0 Å². The quantitative estimate of drug-likeness (QED) is 0.534. The van der Waals surface area contributed by atoms with Gasteiger partial charge < -0.3 is 15.8 Å². The molecule has 1 heterocycles. The minimum atomic E-state index is -0.593. The lowest BCUT2D eigenvalue weighted by molar-refractivity contribution is -0.127. The number of carbonyl (C=O) groups is 4. The zero-order chi connectivity index (χ0) is 22.5. The van der Waals surface area contributed by atoms with Gasteiger partial charge in [0.15, 0.2) is 6.61 Å². The lowest BCUT2D eigenvalue weighted by Crippen LogP contribution is -2.36. The second-order valence-corrected chi connectivity index (χ2v) is 8.52. The van der Waals surface area contributed by atoms with E-state index in [2.05, 4.69) is 21.2 Å². The van der Waals surface area contributed by atoms with Crippen molar-refractivity contribution in [2.75, 3.05) is 18.5 Å². The van der Waals surface area contributed by atoms with Gasteiger partial charge in [-0.1, -0.05) is 23.7 Å². The van der Waals surface area contributed by atoms with Gasteiger partial charge >= 0.3 is 0 Å². The Hall–Kier alpha value is -2.82. The smallest absolute Gasteiger partial charge is 0.294 e. The second-order valence-electron chi connectivity index (χ2n) is 6.27. The van der Waals surface area contributed by atoms with Gasteiger partial charge in [-0.2, -0.15) is 0 Å². The molecule has 31 heavy (non-hydrogen) atoms. The molecule has 160 valence electrons. The molecule has 11 heteroatoms. The fourth-order valence-corrected chi connectivity index (χ4v) is 3.79. The van der Waals surface area contributed by atoms with Gasteiger partial charge in [-0.3, -0.25) is 24.1 Å². The zero-order valence-electron chi connectivity index (χ0n) is 15.8. The molecule has 0 atom stereocenters. The molecule has 0 bridgehead atoms. The number of amides is 4. The predicted octanol–water partition coefficient (Wildman–Crippen LogP) is 3.64. The predicted molar refractivity (Wildman–Crippen MR) is 122 cm³/mol. The molecule has 1 saturated heterocycles. The number of nitrogens with one attached hydrogen (secondary N) is 1. The van der Waals surface area contributed by atoms with Crippen LogP contribution < -0.4 is 15.8 Å². The Morgan fingerprint density at radius 1 is 1.19 bits per heavy atom. The molecule has 0 unspecified atom stereocenters. The minimum absolute atomic E-state index is 0.190. The Morgan fingerprint density at radius 3 is 2.55 bits per heavy atom. The molecule has 3 N–H and O–H groups in total. The topological polar surface area (TPSA) is 119 Å². The fraction of sp³-hybridized carbons (Fsp3) is 0.100. The van der Waals surface area contributed by atoms with Crippen molar-refractivity contribution in [3.05, 3.63) is 62.4 Å². The van der Waals surface area contributed by atoms with Crippen molar-refractivity contribution in [2.45, 2.75) is 0 Å². The van der Waals surface area contributed by atoms with Gasteiger partial charge in [0.1, 0.15) is 12.3 Å². The van der Waals surface area contributed by atoms with Gasteiger partial charge in [0.2, 0.25) is 5.91 Å². The Kier molecular flexibility index (Phi) is 7.37. The molecular formula is C20H15BrClN3O5S. The summed E-state index contributed by atoms with van der Waals surface area (Å²) >= 11 is 10.00. The van der Waals surface area contributed by atoms with Gasteiger partial charge in [-0.05, 0) is 69.7 Å². The van der Waals surface area contributed by atoms with Gasteiger partial charge in [-0.15, -0.1) is 0 Å². The molecule has 0 aliphatic carbocycles. The summed E-state index contributed by atoms with van der Waals surface area (Å²) in [6, 6.07) is 11.4. The summed E-state index contributed by atoms with van der Waals surface area (Å²) in [6.45, 7) is -0.664. The van der Waals surface area contributed by atoms with Crippen LogP contribution in [-0.2, 0) is 14.4 Å². The van der Waals surface area contributed by atoms with Crippen molar-refractivity contribution in [2.24, 2.45) is 5.73 Å². The summed E-state index contributed by atoms with van der Waals surface area (Å²) in [5.74, 6) is -1.25. The van der Waals surface area contributed by atoms with Crippen molar-refractivity contribution < 1.29 is 23.9 Å². The van der Waals surface area contributed by atoms with E-state index in [4.69, 9.17) is 22.1 Å². The number of nitrogens with two attached hydrogens (primary N) is 1. The third-order valence-electron chi connectivity index (χ3n) is 3.94. The van der Waals surface area contributed by atoms with Crippen LogP contribution in [0, 0.1) is 0 Å². The second kappa shape index (κ2) is 9.99. The van der Waals surface area contributed by atoms with Crippen molar-refractivity contribution in [3.63, 3.8) is 0 Å². The van der Waals surface area contributed by atoms with E-state index >= 15 is 0 Å². The van der Waals surface area contributed by atoms with E-state index in [1.807, 2.05) is 0 Å². The normalized spacial score (nSPS) is 14.8. The maximum Gasteiger partial charge on any atom is 0.294 e. The average molecular weight is 525 g/mol. The number of carbonyl (C=O) groups excluding carboxylic acids is 4. The number of primary amides is 1. The standard InChI is InChI=1S/C20H15BrClN3O5S/c21-14-6-3-12(8-15(14)22)24-18(27)9-25-19(28)16(31-20(25)29)7-11-1-4-13(5-2-11)30-10-17(23)26/h1-8H,9-10H2,(H2,23,26)(H,24,27)/b16-7-. The number of hydrogen-bond donors (Lipinski definition) is 2. The molecule has 8 nitrogen and oxygen atoms in total. The molecule has 1 aliphatic heterocycles. The van der Waals surface area contributed by atoms with Crippen molar-refractivity contribution in [1.29, 1.82) is 0 Å². The number of benzene rings is 2. The summed E-state index contributed by atoms with van der Waals surface area (Å²) in [5.41, 5.74) is 6.11. The Balaban J connectivity index is 1.63. The van der Waals surface area contributed by atoms with E-state index in [9.17, 15) is 19.2 Å². The van der Waals surface area contributed by atoms with Crippen LogP contribution in [0.2, 0.25) is 5.02 Å². The van der Waals surface area contributed by atoms with Gasteiger partial charge in [-0.25, -0.2) is 0 Å². The number of imide groups is 1.